The molecule has 90 valence electrons. The summed E-state index contributed by atoms with van der Waals surface area (Å²) in [5.74, 6) is 3.00. The molecular formula is C14H22OS. The molecule has 1 aromatic carbocycles. The van der Waals surface area contributed by atoms with Crippen LogP contribution in [0.15, 0.2) is 24.3 Å². The van der Waals surface area contributed by atoms with E-state index in [2.05, 4.69) is 51.6 Å². The van der Waals surface area contributed by atoms with Gasteiger partial charge in [-0.15, -0.1) is 0 Å². The van der Waals surface area contributed by atoms with Gasteiger partial charge in [-0.1, -0.05) is 32.9 Å². The lowest BCUT2D eigenvalue weighted by Crippen LogP contribution is -2.19. The van der Waals surface area contributed by atoms with Crippen LogP contribution in [-0.4, -0.2) is 12.4 Å². The fourth-order valence-corrected chi connectivity index (χ4v) is 2.04. The highest BCUT2D eigenvalue weighted by Crippen LogP contribution is 2.18. The summed E-state index contributed by atoms with van der Waals surface area (Å²) < 4.78 is 5.81. The highest BCUT2D eigenvalue weighted by Gasteiger charge is 2.12. The normalized spacial score (nSPS) is 12.8. The van der Waals surface area contributed by atoms with E-state index < -0.39 is 0 Å². The van der Waals surface area contributed by atoms with Crippen LogP contribution in [-0.2, 0) is 6.42 Å². The maximum atomic E-state index is 5.81. The zero-order valence-corrected chi connectivity index (χ0v) is 11.3. The Hall–Kier alpha value is -0.630. The summed E-state index contributed by atoms with van der Waals surface area (Å²) in [5.41, 5.74) is 1.32. The van der Waals surface area contributed by atoms with E-state index in [1.807, 2.05) is 6.07 Å². The molecule has 1 unspecified atom stereocenters. The number of hydrogen-bond donors (Lipinski definition) is 1. The van der Waals surface area contributed by atoms with Crippen molar-refractivity contribution in [2.75, 3.05) is 12.4 Å². The first-order chi connectivity index (χ1) is 7.67. The molecule has 0 heterocycles. The minimum atomic E-state index is 0.522. The monoisotopic (exact) mass is 238 g/mol. The Morgan fingerprint density at radius 1 is 1.31 bits per heavy atom. The lowest BCUT2D eigenvalue weighted by molar-refractivity contribution is 0.227. The van der Waals surface area contributed by atoms with Gasteiger partial charge in [0, 0.05) is 5.92 Å². The third kappa shape index (κ3) is 4.09. The van der Waals surface area contributed by atoms with Crippen LogP contribution in [0, 0.1) is 11.8 Å². The fraction of sp³-hybridized carbons (Fsp3) is 0.571. The summed E-state index contributed by atoms with van der Waals surface area (Å²) in [6.07, 6.45) is 1.05. The van der Waals surface area contributed by atoms with Crippen molar-refractivity contribution >= 4 is 12.6 Å². The molecule has 0 aliphatic heterocycles. The quantitative estimate of drug-likeness (QED) is 0.741. The third-order valence-corrected chi connectivity index (χ3v) is 3.42. The molecule has 1 rings (SSSR count). The van der Waals surface area contributed by atoms with Crippen LogP contribution in [0.1, 0.15) is 26.3 Å². The van der Waals surface area contributed by atoms with Gasteiger partial charge in [0.05, 0.1) is 6.61 Å². The lowest BCUT2D eigenvalue weighted by atomic mass is 9.99. The van der Waals surface area contributed by atoms with Gasteiger partial charge in [0.1, 0.15) is 5.75 Å². The Bertz CT molecular complexity index is 309. The molecule has 0 saturated heterocycles. The van der Waals surface area contributed by atoms with E-state index in [1.54, 1.807) is 0 Å². The first kappa shape index (κ1) is 13.4. The lowest BCUT2D eigenvalue weighted by Gasteiger charge is -2.19. The Kier molecular flexibility index (Phi) is 5.75. The van der Waals surface area contributed by atoms with Gasteiger partial charge in [0.15, 0.2) is 0 Å². The Morgan fingerprint density at radius 2 is 2.06 bits per heavy atom. The number of rotatable bonds is 6. The Balaban J connectivity index is 2.53. The highest BCUT2D eigenvalue weighted by atomic mass is 32.1. The van der Waals surface area contributed by atoms with E-state index in [0.717, 1.165) is 24.5 Å². The summed E-state index contributed by atoms with van der Waals surface area (Å²) in [6.45, 7) is 7.34. The van der Waals surface area contributed by atoms with Crippen molar-refractivity contribution in [3.05, 3.63) is 29.8 Å². The van der Waals surface area contributed by atoms with Crippen LogP contribution in [0.25, 0.3) is 0 Å². The molecule has 0 amide bonds. The van der Waals surface area contributed by atoms with E-state index in [0.29, 0.717) is 11.8 Å². The molecule has 0 bridgehead atoms. The van der Waals surface area contributed by atoms with Crippen molar-refractivity contribution < 1.29 is 4.74 Å². The maximum Gasteiger partial charge on any atom is 0.119 e. The van der Waals surface area contributed by atoms with Crippen molar-refractivity contribution in [3.63, 3.8) is 0 Å². The van der Waals surface area contributed by atoms with Crippen molar-refractivity contribution in [2.45, 2.75) is 27.2 Å². The van der Waals surface area contributed by atoms with Gasteiger partial charge >= 0.3 is 0 Å². The van der Waals surface area contributed by atoms with E-state index in [-0.39, 0.29) is 0 Å². The largest absolute Gasteiger partial charge is 0.493 e. The van der Waals surface area contributed by atoms with Gasteiger partial charge in [-0.25, -0.2) is 0 Å². The summed E-state index contributed by atoms with van der Waals surface area (Å²) >= 11 is 4.36. The Morgan fingerprint density at radius 3 is 2.62 bits per heavy atom. The molecule has 0 radical (unpaired) electrons. The Labute approximate surface area is 105 Å². The summed E-state index contributed by atoms with van der Waals surface area (Å²) in [6, 6.07) is 8.33. The molecule has 1 aromatic rings. The van der Waals surface area contributed by atoms with Crippen molar-refractivity contribution in [3.8, 4) is 5.75 Å². The fourth-order valence-electron chi connectivity index (χ4n) is 1.51. The van der Waals surface area contributed by atoms with Gasteiger partial charge in [-0.3, -0.25) is 0 Å². The van der Waals surface area contributed by atoms with Gasteiger partial charge in [-0.2, -0.15) is 12.6 Å². The summed E-state index contributed by atoms with van der Waals surface area (Å²) in [4.78, 5) is 0. The van der Waals surface area contributed by atoms with Crippen LogP contribution in [0.2, 0.25) is 0 Å². The second-order valence-corrected chi connectivity index (χ2v) is 4.86. The van der Waals surface area contributed by atoms with Gasteiger partial charge in [-0.05, 0) is 35.8 Å². The average Bonchev–Trinajstić information content (AvgIpc) is 2.29. The zero-order chi connectivity index (χ0) is 12.0. The van der Waals surface area contributed by atoms with Crippen LogP contribution in [0.4, 0.5) is 0 Å². The van der Waals surface area contributed by atoms with Crippen molar-refractivity contribution in [1.82, 2.24) is 0 Å². The van der Waals surface area contributed by atoms with Gasteiger partial charge in [0.2, 0.25) is 0 Å². The molecule has 0 fully saturated rings. The minimum absolute atomic E-state index is 0.522. The first-order valence-electron chi connectivity index (χ1n) is 6.00. The highest BCUT2D eigenvalue weighted by molar-refractivity contribution is 7.80. The second kappa shape index (κ2) is 6.85. The van der Waals surface area contributed by atoms with Crippen LogP contribution in [0.5, 0.6) is 5.75 Å². The molecule has 16 heavy (non-hydrogen) atoms. The summed E-state index contributed by atoms with van der Waals surface area (Å²) in [5, 5.41) is 0. The molecule has 0 aliphatic rings. The van der Waals surface area contributed by atoms with E-state index in [4.69, 9.17) is 4.74 Å². The van der Waals surface area contributed by atoms with E-state index in [9.17, 15) is 0 Å². The minimum Gasteiger partial charge on any atom is -0.493 e. The topological polar surface area (TPSA) is 9.23 Å². The predicted octanol–water partition coefficient (Wildman–Crippen LogP) is 3.83. The number of aryl methyl sites for hydroxylation is 1. The molecular weight excluding hydrogens is 216 g/mol. The number of ether oxygens (including phenoxy) is 1. The number of hydrogen-bond acceptors (Lipinski definition) is 2. The predicted molar refractivity (Wildman–Crippen MR) is 73.5 cm³/mol. The van der Waals surface area contributed by atoms with E-state index >= 15 is 0 Å². The maximum absolute atomic E-state index is 5.81. The molecule has 0 aromatic heterocycles. The standard InChI is InChI=1S/C14H22OS/c1-4-12-6-5-7-14(8-12)15-9-13(10-16)11(2)3/h5-8,11,13,16H,4,9-10H2,1-3H3. The molecule has 0 aliphatic carbocycles. The van der Waals surface area contributed by atoms with E-state index in [1.165, 1.54) is 5.56 Å². The number of benzene rings is 1. The molecule has 2 heteroatoms. The molecule has 1 nitrogen and oxygen atoms in total. The van der Waals surface area contributed by atoms with Gasteiger partial charge < -0.3 is 4.74 Å². The SMILES string of the molecule is CCc1cccc(OCC(CS)C(C)C)c1. The molecule has 1 atom stereocenters. The first-order valence-corrected chi connectivity index (χ1v) is 6.63. The number of thiol groups is 1. The van der Waals surface area contributed by atoms with Gasteiger partial charge in [0.25, 0.3) is 0 Å². The second-order valence-electron chi connectivity index (χ2n) is 4.50. The molecule has 0 saturated carbocycles. The molecule has 0 N–H and O–H groups in total. The van der Waals surface area contributed by atoms with Crippen molar-refractivity contribution in [2.24, 2.45) is 11.8 Å². The third-order valence-electron chi connectivity index (χ3n) is 2.95. The smallest absolute Gasteiger partial charge is 0.119 e. The molecule has 0 spiro atoms. The summed E-state index contributed by atoms with van der Waals surface area (Å²) in [7, 11) is 0. The zero-order valence-electron chi connectivity index (χ0n) is 10.4. The van der Waals surface area contributed by atoms with Crippen molar-refractivity contribution in [1.29, 1.82) is 0 Å². The van der Waals surface area contributed by atoms with Crippen LogP contribution in [0.3, 0.4) is 0 Å². The van der Waals surface area contributed by atoms with Crippen LogP contribution < -0.4 is 4.74 Å². The van der Waals surface area contributed by atoms with Crippen LogP contribution >= 0.6 is 12.6 Å². The average molecular weight is 238 g/mol.